The highest BCUT2D eigenvalue weighted by atomic mass is 35.5. The molecule has 0 radical (unpaired) electrons. The number of hydrogen-bond acceptors (Lipinski definition) is 3. The lowest BCUT2D eigenvalue weighted by molar-refractivity contribution is -0.141. The van der Waals surface area contributed by atoms with Crippen molar-refractivity contribution in [3.05, 3.63) is 59.1 Å². The van der Waals surface area contributed by atoms with Crippen LogP contribution in [0.25, 0.3) is 11.1 Å². The Hall–Kier alpha value is -2.13. The van der Waals surface area contributed by atoms with Crippen LogP contribution in [0, 0.1) is 0 Å². The predicted octanol–water partition coefficient (Wildman–Crippen LogP) is 4.14. The molecule has 0 aliphatic rings. The summed E-state index contributed by atoms with van der Waals surface area (Å²) in [6.07, 6.45) is -0.228. The standard InChI is InChI=1S/C17H15ClO3/c1-2-21-17(20)11-16(19)14-5-3-12(4-6-14)13-7-9-15(18)10-8-13/h3-10H,2,11H2,1H3. The van der Waals surface area contributed by atoms with Gasteiger partial charge in [0.25, 0.3) is 0 Å². The fraction of sp³-hybridized carbons (Fsp3) is 0.176. The van der Waals surface area contributed by atoms with Crippen molar-refractivity contribution in [2.75, 3.05) is 6.61 Å². The van der Waals surface area contributed by atoms with Gasteiger partial charge in [0.05, 0.1) is 6.61 Å². The third-order valence-corrected chi connectivity index (χ3v) is 3.25. The van der Waals surface area contributed by atoms with E-state index in [1.807, 2.05) is 36.4 Å². The number of hydrogen-bond donors (Lipinski definition) is 0. The summed E-state index contributed by atoms with van der Waals surface area (Å²) in [7, 11) is 0. The quantitative estimate of drug-likeness (QED) is 0.473. The van der Waals surface area contributed by atoms with Crippen LogP contribution in [-0.2, 0) is 9.53 Å². The number of carbonyl (C=O) groups excluding carboxylic acids is 2. The van der Waals surface area contributed by atoms with E-state index in [1.165, 1.54) is 0 Å². The Bertz CT molecular complexity index is 630. The summed E-state index contributed by atoms with van der Waals surface area (Å²) in [5.41, 5.74) is 2.50. The molecule has 0 N–H and O–H groups in total. The number of ketones is 1. The molecule has 4 heteroatoms. The maximum Gasteiger partial charge on any atom is 0.313 e. The molecule has 0 aliphatic carbocycles. The summed E-state index contributed by atoms with van der Waals surface area (Å²) >= 11 is 5.85. The van der Waals surface area contributed by atoms with Crippen molar-refractivity contribution in [2.24, 2.45) is 0 Å². The van der Waals surface area contributed by atoms with Crippen LogP contribution >= 0.6 is 11.6 Å². The first kappa shape index (κ1) is 15.3. The molecule has 21 heavy (non-hydrogen) atoms. The molecule has 0 unspecified atom stereocenters. The van der Waals surface area contributed by atoms with E-state index in [2.05, 4.69) is 0 Å². The van der Waals surface area contributed by atoms with E-state index in [1.54, 1.807) is 19.1 Å². The third-order valence-electron chi connectivity index (χ3n) is 2.99. The minimum Gasteiger partial charge on any atom is -0.466 e. The van der Waals surface area contributed by atoms with Gasteiger partial charge >= 0.3 is 5.97 Å². The second-order valence-electron chi connectivity index (χ2n) is 4.49. The molecule has 0 bridgehead atoms. The minimum absolute atomic E-state index is 0.228. The van der Waals surface area contributed by atoms with E-state index in [9.17, 15) is 9.59 Å². The molecular formula is C17H15ClO3. The second-order valence-corrected chi connectivity index (χ2v) is 4.93. The van der Waals surface area contributed by atoms with Gasteiger partial charge in [-0.1, -0.05) is 48.0 Å². The summed E-state index contributed by atoms with van der Waals surface area (Å²) in [6.45, 7) is 1.99. The largest absolute Gasteiger partial charge is 0.466 e. The first-order chi connectivity index (χ1) is 10.1. The number of carbonyl (C=O) groups is 2. The number of ether oxygens (including phenoxy) is 1. The van der Waals surface area contributed by atoms with E-state index < -0.39 is 5.97 Å². The fourth-order valence-corrected chi connectivity index (χ4v) is 2.06. The highest BCUT2D eigenvalue weighted by Crippen LogP contribution is 2.22. The van der Waals surface area contributed by atoms with Gasteiger partial charge in [-0.2, -0.15) is 0 Å². The molecular weight excluding hydrogens is 288 g/mol. The molecule has 0 amide bonds. The topological polar surface area (TPSA) is 43.4 Å². The SMILES string of the molecule is CCOC(=O)CC(=O)c1ccc(-c2ccc(Cl)cc2)cc1. The van der Waals surface area contributed by atoms with Gasteiger partial charge in [0.15, 0.2) is 5.78 Å². The Balaban J connectivity index is 2.10. The smallest absolute Gasteiger partial charge is 0.313 e. The van der Waals surface area contributed by atoms with Crippen LogP contribution in [0.1, 0.15) is 23.7 Å². The molecule has 0 heterocycles. The van der Waals surface area contributed by atoms with Gasteiger partial charge in [-0.3, -0.25) is 9.59 Å². The summed E-state index contributed by atoms with van der Waals surface area (Å²) < 4.78 is 4.77. The normalized spacial score (nSPS) is 10.2. The van der Waals surface area contributed by atoms with Crippen LogP contribution in [0.4, 0.5) is 0 Å². The van der Waals surface area contributed by atoms with Gasteiger partial charge < -0.3 is 4.74 Å². The molecule has 0 spiro atoms. The van der Waals surface area contributed by atoms with E-state index in [0.29, 0.717) is 10.6 Å². The van der Waals surface area contributed by atoms with Crippen LogP contribution in [0.2, 0.25) is 5.02 Å². The summed E-state index contributed by atoms with van der Waals surface area (Å²) in [5.74, 6) is -0.736. The van der Waals surface area contributed by atoms with E-state index >= 15 is 0 Å². The van der Waals surface area contributed by atoms with Crippen molar-refractivity contribution in [3.8, 4) is 11.1 Å². The summed E-state index contributed by atoms with van der Waals surface area (Å²) in [5, 5.41) is 0.681. The van der Waals surface area contributed by atoms with Gasteiger partial charge in [-0.05, 0) is 30.2 Å². The van der Waals surface area contributed by atoms with Crippen LogP contribution in [-0.4, -0.2) is 18.4 Å². The maximum atomic E-state index is 11.9. The first-order valence-electron chi connectivity index (χ1n) is 6.65. The Morgan fingerprint density at radius 2 is 1.48 bits per heavy atom. The number of benzene rings is 2. The van der Waals surface area contributed by atoms with Gasteiger partial charge in [0.2, 0.25) is 0 Å². The van der Waals surface area contributed by atoms with Gasteiger partial charge in [-0.15, -0.1) is 0 Å². The fourth-order valence-electron chi connectivity index (χ4n) is 1.94. The van der Waals surface area contributed by atoms with Crippen molar-refractivity contribution in [1.29, 1.82) is 0 Å². The van der Waals surface area contributed by atoms with Crippen LogP contribution in [0.15, 0.2) is 48.5 Å². The van der Waals surface area contributed by atoms with Crippen LogP contribution in [0.3, 0.4) is 0 Å². The average molecular weight is 303 g/mol. The van der Waals surface area contributed by atoms with Crippen molar-refractivity contribution in [1.82, 2.24) is 0 Å². The lowest BCUT2D eigenvalue weighted by Crippen LogP contribution is -2.11. The van der Waals surface area contributed by atoms with Crippen molar-refractivity contribution >= 4 is 23.4 Å². The van der Waals surface area contributed by atoms with Crippen molar-refractivity contribution in [3.63, 3.8) is 0 Å². The number of esters is 1. The summed E-state index contributed by atoms with van der Waals surface area (Å²) in [6, 6.07) is 14.6. The highest BCUT2D eigenvalue weighted by molar-refractivity contribution is 6.30. The Morgan fingerprint density at radius 3 is 2.00 bits per heavy atom. The molecule has 3 nitrogen and oxygen atoms in total. The second kappa shape index (κ2) is 7.04. The van der Waals surface area contributed by atoms with Crippen LogP contribution < -0.4 is 0 Å². The molecule has 0 fully saturated rings. The average Bonchev–Trinajstić information content (AvgIpc) is 2.48. The minimum atomic E-state index is -0.496. The van der Waals surface area contributed by atoms with Gasteiger partial charge in [0.1, 0.15) is 6.42 Å². The van der Waals surface area contributed by atoms with Gasteiger partial charge in [-0.25, -0.2) is 0 Å². The van der Waals surface area contributed by atoms with Crippen molar-refractivity contribution in [2.45, 2.75) is 13.3 Å². The van der Waals surface area contributed by atoms with Crippen LogP contribution in [0.5, 0.6) is 0 Å². The summed E-state index contributed by atoms with van der Waals surface area (Å²) in [4.78, 5) is 23.2. The monoisotopic (exact) mass is 302 g/mol. The molecule has 2 aromatic rings. The Kier molecular flexibility index (Phi) is 5.12. The molecule has 0 saturated carbocycles. The molecule has 0 atom stereocenters. The highest BCUT2D eigenvalue weighted by Gasteiger charge is 2.12. The molecule has 2 rings (SSSR count). The Morgan fingerprint density at radius 1 is 0.952 bits per heavy atom. The number of Topliss-reactive ketones (excluding diaryl/α,β-unsaturated/α-hetero) is 1. The van der Waals surface area contributed by atoms with E-state index in [-0.39, 0.29) is 18.8 Å². The lowest BCUT2D eigenvalue weighted by Gasteiger charge is -2.04. The predicted molar refractivity (Wildman–Crippen MR) is 82.5 cm³/mol. The molecule has 108 valence electrons. The van der Waals surface area contributed by atoms with Gasteiger partial charge in [0, 0.05) is 10.6 Å². The number of halogens is 1. The zero-order valence-electron chi connectivity index (χ0n) is 11.6. The third kappa shape index (κ3) is 4.17. The van der Waals surface area contributed by atoms with E-state index in [0.717, 1.165) is 11.1 Å². The maximum absolute atomic E-state index is 11.9. The lowest BCUT2D eigenvalue weighted by atomic mass is 10.0. The zero-order chi connectivity index (χ0) is 15.2. The van der Waals surface area contributed by atoms with Crippen molar-refractivity contribution < 1.29 is 14.3 Å². The number of rotatable bonds is 5. The molecule has 0 aromatic heterocycles. The molecule has 0 saturated heterocycles. The molecule has 2 aromatic carbocycles. The zero-order valence-corrected chi connectivity index (χ0v) is 12.4. The Labute approximate surface area is 128 Å². The molecule has 0 aliphatic heterocycles. The van der Waals surface area contributed by atoms with E-state index in [4.69, 9.17) is 16.3 Å². The first-order valence-corrected chi connectivity index (χ1v) is 7.02.